The van der Waals surface area contributed by atoms with Gasteiger partial charge in [0, 0.05) is 0 Å². The SMILES string of the molecule is CC(=O)CC(=O)C(O)(COCCO)C(=O)CC(C)=O. The van der Waals surface area contributed by atoms with E-state index in [1.807, 2.05) is 0 Å². The van der Waals surface area contributed by atoms with E-state index >= 15 is 0 Å². The number of hydrogen-bond donors (Lipinski definition) is 2. The van der Waals surface area contributed by atoms with Crippen LogP contribution < -0.4 is 0 Å². The number of carbonyl (C=O) groups excluding carboxylic acids is 4. The van der Waals surface area contributed by atoms with Gasteiger partial charge in [-0.05, 0) is 13.8 Å². The van der Waals surface area contributed by atoms with E-state index in [4.69, 9.17) is 9.84 Å². The summed E-state index contributed by atoms with van der Waals surface area (Å²) in [6.45, 7) is 1.07. The first-order chi connectivity index (χ1) is 8.74. The van der Waals surface area contributed by atoms with Crippen LogP contribution in [0.3, 0.4) is 0 Å². The number of aliphatic hydroxyl groups excluding tert-OH is 1. The van der Waals surface area contributed by atoms with Crippen molar-refractivity contribution >= 4 is 23.1 Å². The fourth-order valence-corrected chi connectivity index (χ4v) is 1.35. The van der Waals surface area contributed by atoms with Gasteiger partial charge in [-0.25, -0.2) is 0 Å². The number of aliphatic hydroxyl groups is 2. The molecule has 0 rings (SSSR count). The van der Waals surface area contributed by atoms with E-state index in [-0.39, 0.29) is 13.2 Å². The summed E-state index contributed by atoms with van der Waals surface area (Å²) in [7, 11) is 0. The Kier molecular flexibility index (Phi) is 7.28. The summed E-state index contributed by atoms with van der Waals surface area (Å²) < 4.78 is 4.79. The number of ketones is 4. The average Bonchev–Trinajstić information content (AvgIpc) is 2.27. The van der Waals surface area contributed by atoms with Crippen LogP contribution in [0.4, 0.5) is 0 Å². The third kappa shape index (κ3) is 5.82. The monoisotopic (exact) mass is 274 g/mol. The molecule has 0 saturated heterocycles. The summed E-state index contributed by atoms with van der Waals surface area (Å²) >= 11 is 0. The average molecular weight is 274 g/mol. The molecule has 0 aromatic carbocycles. The molecule has 0 fully saturated rings. The third-order valence-corrected chi connectivity index (χ3v) is 2.29. The Balaban J connectivity index is 4.98. The molecule has 0 heterocycles. The Morgan fingerprint density at radius 2 is 1.42 bits per heavy atom. The predicted molar refractivity (Wildman–Crippen MR) is 63.5 cm³/mol. The van der Waals surface area contributed by atoms with E-state index in [2.05, 4.69) is 0 Å². The van der Waals surface area contributed by atoms with Crippen molar-refractivity contribution in [3.8, 4) is 0 Å². The molecule has 0 unspecified atom stereocenters. The van der Waals surface area contributed by atoms with E-state index in [9.17, 15) is 24.3 Å². The molecule has 0 radical (unpaired) electrons. The summed E-state index contributed by atoms with van der Waals surface area (Å²) in [6.07, 6.45) is -1.24. The van der Waals surface area contributed by atoms with Crippen LogP contribution in [0, 0.1) is 0 Å². The molecular weight excluding hydrogens is 256 g/mol. The smallest absolute Gasteiger partial charge is 0.205 e. The molecule has 0 aliphatic carbocycles. The second-order valence-corrected chi connectivity index (χ2v) is 4.24. The molecule has 0 atom stereocenters. The zero-order valence-corrected chi connectivity index (χ0v) is 11.0. The lowest BCUT2D eigenvalue weighted by molar-refractivity contribution is -0.158. The first kappa shape index (κ1) is 17.6. The van der Waals surface area contributed by atoms with Gasteiger partial charge in [0.15, 0.2) is 11.6 Å². The minimum absolute atomic E-state index is 0.178. The quantitative estimate of drug-likeness (QED) is 0.380. The number of Topliss-reactive ketones (excluding diaryl/α,β-unsaturated/α-hetero) is 4. The number of rotatable bonds is 10. The Hall–Kier alpha value is -1.44. The highest BCUT2D eigenvalue weighted by molar-refractivity contribution is 6.18. The topological polar surface area (TPSA) is 118 Å². The lowest BCUT2D eigenvalue weighted by atomic mass is 9.88. The van der Waals surface area contributed by atoms with Gasteiger partial charge in [-0.1, -0.05) is 0 Å². The van der Waals surface area contributed by atoms with Gasteiger partial charge in [0.2, 0.25) is 5.60 Å². The van der Waals surface area contributed by atoms with Crippen molar-refractivity contribution in [2.75, 3.05) is 19.8 Å². The van der Waals surface area contributed by atoms with Crippen LogP contribution in [0.5, 0.6) is 0 Å². The van der Waals surface area contributed by atoms with E-state index in [0.717, 1.165) is 13.8 Å². The fourth-order valence-electron chi connectivity index (χ4n) is 1.35. The van der Waals surface area contributed by atoms with Gasteiger partial charge < -0.3 is 14.9 Å². The van der Waals surface area contributed by atoms with Gasteiger partial charge in [-0.3, -0.25) is 19.2 Å². The Bertz CT molecular complexity index is 344. The van der Waals surface area contributed by atoms with Gasteiger partial charge in [-0.15, -0.1) is 0 Å². The van der Waals surface area contributed by atoms with Crippen LogP contribution in [-0.2, 0) is 23.9 Å². The molecule has 0 aromatic heterocycles. The summed E-state index contributed by atoms with van der Waals surface area (Å²) in [5, 5.41) is 18.6. The molecule has 0 saturated carbocycles. The van der Waals surface area contributed by atoms with Gasteiger partial charge in [0.25, 0.3) is 0 Å². The third-order valence-electron chi connectivity index (χ3n) is 2.29. The number of carbonyl (C=O) groups is 4. The van der Waals surface area contributed by atoms with Crippen molar-refractivity contribution in [3.05, 3.63) is 0 Å². The Labute approximate surface area is 110 Å². The molecule has 7 heteroatoms. The summed E-state index contributed by atoms with van der Waals surface area (Å²) in [5.74, 6) is -3.05. The molecule has 0 bridgehead atoms. The molecule has 0 aromatic rings. The van der Waals surface area contributed by atoms with Crippen molar-refractivity contribution in [2.24, 2.45) is 0 Å². The lowest BCUT2D eigenvalue weighted by Crippen LogP contribution is -2.51. The van der Waals surface area contributed by atoms with Crippen LogP contribution in [-0.4, -0.2) is 58.8 Å². The standard InChI is InChI=1S/C12H18O7/c1-8(14)5-10(16)12(18,7-19-4-3-13)11(17)6-9(2)15/h13,18H,3-7H2,1-2H3. The Morgan fingerprint density at radius 1 is 1.00 bits per heavy atom. The van der Waals surface area contributed by atoms with Crippen molar-refractivity contribution < 1.29 is 34.1 Å². The minimum Gasteiger partial charge on any atom is -0.394 e. The van der Waals surface area contributed by atoms with Crippen molar-refractivity contribution in [1.29, 1.82) is 0 Å². The second kappa shape index (κ2) is 7.88. The molecule has 0 amide bonds. The second-order valence-electron chi connectivity index (χ2n) is 4.24. The normalized spacial score (nSPS) is 11.2. The van der Waals surface area contributed by atoms with E-state index in [0.29, 0.717) is 0 Å². The molecule has 0 spiro atoms. The highest BCUT2D eigenvalue weighted by Gasteiger charge is 2.43. The summed E-state index contributed by atoms with van der Waals surface area (Å²) in [4.78, 5) is 45.3. The highest BCUT2D eigenvalue weighted by Crippen LogP contribution is 2.14. The van der Waals surface area contributed by atoms with E-state index < -0.39 is 48.2 Å². The molecule has 108 valence electrons. The Morgan fingerprint density at radius 3 is 1.74 bits per heavy atom. The van der Waals surface area contributed by atoms with Gasteiger partial charge in [0.05, 0.1) is 32.7 Å². The van der Waals surface area contributed by atoms with Crippen LogP contribution in [0.15, 0.2) is 0 Å². The maximum atomic E-state index is 11.7. The van der Waals surface area contributed by atoms with Crippen LogP contribution in [0.2, 0.25) is 0 Å². The summed E-state index contributed by atoms with van der Waals surface area (Å²) in [5.41, 5.74) is -2.52. The predicted octanol–water partition coefficient (Wildman–Crippen LogP) is -1.18. The largest absolute Gasteiger partial charge is 0.394 e. The molecule has 0 aliphatic rings. The highest BCUT2D eigenvalue weighted by atomic mass is 16.5. The molecule has 2 N–H and O–H groups in total. The first-order valence-corrected chi connectivity index (χ1v) is 5.70. The maximum absolute atomic E-state index is 11.7. The van der Waals surface area contributed by atoms with Crippen molar-refractivity contribution in [2.45, 2.75) is 32.3 Å². The molecule has 7 nitrogen and oxygen atoms in total. The summed E-state index contributed by atoms with van der Waals surface area (Å²) in [6, 6.07) is 0. The molecule has 0 aliphatic heterocycles. The lowest BCUT2D eigenvalue weighted by Gasteiger charge is -2.24. The molecular formula is C12H18O7. The maximum Gasteiger partial charge on any atom is 0.205 e. The van der Waals surface area contributed by atoms with Crippen LogP contribution >= 0.6 is 0 Å². The van der Waals surface area contributed by atoms with E-state index in [1.165, 1.54) is 0 Å². The van der Waals surface area contributed by atoms with Gasteiger partial charge >= 0.3 is 0 Å². The van der Waals surface area contributed by atoms with Gasteiger partial charge in [0.1, 0.15) is 11.6 Å². The van der Waals surface area contributed by atoms with Gasteiger partial charge in [-0.2, -0.15) is 0 Å². The number of ether oxygens (including phenoxy) is 1. The zero-order chi connectivity index (χ0) is 15.1. The minimum atomic E-state index is -2.52. The zero-order valence-electron chi connectivity index (χ0n) is 11.0. The first-order valence-electron chi connectivity index (χ1n) is 5.70. The fraction of sp³-hybridized carbons (Fsp3) is 0.667. The number of hydrogen-bond acceptors (Lipinski definition) is 7. The van der Waals surface area contributed by atoms with E-state index in [1.54, 1.807) is 0 Å². The van der Waals surface area contributed by atoms with Crippen LogP contribution in [0.25, 0.3) is 0 Å². The van der Waals surface area contributed by atoms with Crippen LogP contribution in [0.1, 0.15) is 26.7 Å². The molecule has 19 heavy (non-hydrogen) atoms. The van der Waals surface area contributed by atoms with Crippen molar-refractivity contribution in [3.63, 3.8) is 0 Å². The van der Waals surface area contributed by atoms with Crippen molar-refractivity contribution in [1.82, 2.24) is 0 Å².